The SMILES string of the molecule is CCc1ccc(N(C)C(=O)c2c(N)cnn2CC)cc1. The van der Waals surface area contributed by atoms with Gasteiger partial charge in [0.15, 0.2) is 0 Å². The quantitative estimate of drug-likeness (QED) is 0.929. The summed E-state index contributed by atoms with van der Waals surface area (Å²) in [5.74, 6) is -0.147. The van der Waals surface area contributed by atoms with Gasteiger partial charge in [0.25, 0.3) is 5.91 Å². The highest BCUT2D eigenvalue weighted by molar-refractivity contribution is 6.07. The van der Waals surface area contributed by atoms with E-state index in [2.05, 4.69) is 12.0 Å². The first-order valence-corrected chi connectivity index (χ1v) is 6.76. The summed E-state index contributed by atoms with van der Waals surface area (Å²) in [5.41, 5.74) is 8.79. The van der Waals surface area contributed by atoms with Crippen molar-refractivity contribution >= 4 is 17.3 Å². The third-order valence-electron chi connectivity index (χ3n) is 3.41. The molecule has 0 saturated carbocycles. The minimum absolute atomic E-state index is 0.147. The van der Waals surface area contributed by atoms with E-state index in [4.69, 9.17) is 5.73 Å². The lowest BCUT2D eigenvalue weighted by atomic mass is 10.1. The molecule has 0 aliphatic rings. The van der Waals surface area contributed by atoms with E-state index < -0.39 is 0 Å². The Morgan fingerprint density at radius 1 is 1.30 bits per heavy atom. The molecular weight excluding hydrogens is 252 g/mol. The van der Waals surface area contributed by atoms with Crippen LogP contribution in [0.2, 0.25) is 0 Å². The van der Waals surface area contributed by atoms with Crippen molar-refractivity contribution in [1.82, 2.24) is 9.78 Å². The fourth-order valence-electron chi connectivity index (χ4n) is 2.10. The summed E-state index contributed by atoms with van der Waals surface area (Å²) in [6.07, 6.45) is 2.50. The van der Waals surface area contributed by atoms with E-state index >= 15 is 0 Å². The highest BCUT2D eigenvalue weighted by Crippen LogP contribution is 2.19. The van der Waals surface area contributed by atoms with Crippen LogP contribution in [0.5, 0.6) is 0 Å². The van der Waals surface area contributed by atoms with Crippen molar-refractivity contribution in [3.63, 3.8) is 0 Å². The zero-order valence-corrected chi connectivity index (χ0v) is 12.1. The molecule has 0 fully saturated rings. The number of benzene rings is 1. The molecule has 20 heavy (non-hydrogen) atoms. The van der Waals surface area contributed by atoms with Gasteiger partial charge in [-0.05, 0) is 31.0 Å². The maximum absolute atomic E-state index is 12.5. The number of aromatic nitrogens is 2. The first kappa shape index (κ1) is 14.1. The van der Waals surface area contributed by atoms with Crippen molar-refractivity contribution in [3.05, 3.63) is 41.7 Å². The van der Waals surface area contributed by atoms with Crippen LogP contribution >= 0.6 is 0 Å². The number of amides is 1. The van der Waals surface area contributed by atoms with Gasteiger partial charge >= 0.3 is 0 Å². The average molecular weight is 272 g/mol. The minimum Gasteiger partial charge on any atom is -0.396 e. The first-order valence-electron chi connectivity index (χ1n) is 6.76. The maximum atomic E-state index is 12.5. The fraction of sp³-hybridized carbons (Fsp3) is 0.333. The zero-order chi connectivity index (χ0) is 14.7. The molecule has 2 rings (SSSR count). The lowest BCUT2D eigenvalue weighted by molar-refractivity contribution is 0.0983. The number of hydrogen-bond donors (Lipinski definition) is 1. The van der Waals surface area contributed by atoms with Crippen molar-refractivity contribution in [2.75, 3.05) is 17.7 Å². The van der Waals surface area contributed by atoms with E-state index in [1.54, 1.807) is 16.6 Å². The molecule has 1 heterocycles. The maximum Gasteiger partial charge on any atom is 0.278 e. The van der Waals surface area contributed by atoms with Gasteiger partial charge in [-0.2, -0.15) is 5.10 Å². The first-order chi connectivity index (χ1) is 9.58. The number of carbonyl (C=O) groups is 1. The number of carbonyl (C=O) groups excluding carboxylic acids is 1. The van der Waals surface area contributed by atoms with Gasteiger partial charge in [0.1, 0.15) is 5.69 Å². The molecule has 0 radical (unpaired) electrons. The van der Waals surface area contributed by atoms with Crippen molar-refractivity contribution in [2.45, 2.75) is 26.8 Å². The summed E-state index contributed by atoms with van der Waals surface area (Å²) in [6.45, 7) is 4.64. The van der Waals surface area contributed by atoms with E-state index in [-0.39, 0.29) is 5.91 Å². The van der Waals surface area contributed by atoms with Crippen molar-refractivity contribution in [2.24, 2.45) is 0 Å². The van der Waals surface area contributed by atoms with E-state index in [1.165, 1.54) is 11.8 Å². The summed E-state index contributed by atoms with van der Waals surface area (Å²) in [6, 6.07) is 7.94. The summed E-state index contributed by atoms with van der Waals surface area (Å²) >= 11 is 0. The number of hydrogen-bond acceptors (Lipinski definition) is 3. The molecule has 0 aliphatic heterocycles. The summed E-state index contributed by atoms with van der Waals surface area (Å²) < 4.78 is 1.62. The van der Waals surface area contributed by atoms with Gasteiger partial charge in [-0.3, -0.25) is 9.48 Å². The van der Waals surface area contributed by atoms with Crippen molar-refractivity contribution in [1.29, 1.82) is 0 Å². The number of nitrogens with zero attached hydrogens (tertiary/aromatic N) is 3. The van der Waals surface area contributed by atoms with Crippen LogP contribution in [0, 0.1) is 0 Å². The molecule has 0 unspecified atom stereocenters. The minimum atomic E-state index is -0.147. The fourth-order valence-corrected chi connectivity index (χ4v) is 2.10. The molecule has 0 saturated heterocycles. The van der Waals surface area contributed by atoms with Gasteiger partial charge in [0, 0.05) is 19.3 Å². The number of aryl methyl sites for hydroxylation is 2. The highest BCUT2D eigenvalue weighted by Gasteiger charge is 2.20. The van der Waals surface area contributed by atoms with Crippen LogP contribution in [0.4, 0.5) is 11.4 Å². The molecule has 2 aromatic rings. The Balaban J connectivity index is 2.29. The molecule has 0 aliphatic carbocycles. The van der Waals surface area contributed by atoms with Crippen molar-refractivity contribution < 1.29 is 4.79 Å². The summed E-state index contributed by atoms with van der Waals surface area (Å²) in [4.78, 5) is 14.1. The molecule has 0 bridgehead atoms. The monoisotopic (exact) mass is 272 g/mol. The van der Waals surface area contributed by atoms with Crippen LogP contribution in [-0.2, 0) is 13.0 Å². The van der Waals surface area contributed by atoms with Gasteiger partial charge in [-0.15, -0.1) is 0 Å². The third kappa shape index (κ3) is 2.52. The molecule has 1 amide bonds. The van der Waals surface area contributed by atoms with Crippen LogP contribution in [0.3, 0.4) is 0 Å². The Hall–Kier alpha value is -2.30. The molecule has 2 N–H and O–H groups in total. The van der Waals surface area contributed by atoms with Gasteiger partial charge in [-0.1, -0.05) is 19.1 Å². The van der Waals surface area contributed by atoms with E-state index in [0.29, 0.717) is 17.9 Å². The van der Waals surface area contributed by atoms with Gasteiger partial charge in [-0.25, -0.2) is 0 Å². The standard InChI is InChI=1S/C15H20N4O/c1-4-11-6-8-12(9-7-11)18(3)15(20)14-13(16)10-17-19(14)5-2/h6-10H,4-5,16H2,1-3H3. The van der Waals surface area contributed by atoms with Crippen LogP contribution < -0.4 is 10.6 Å². The van der Waals surface area contributed by atoms with Crippen LogP contribution in [0.15, 0.2) is 30.5 Å². The molecule has 1 aromatic carbocycles. The summed E-state index contributed by atoms with van der Waals surface area (Å²) in [5, 5.41) is 4.10. The average Bonchev–Trinajstić information content (AvgIpc) is 2.86. The zero-order valence-electron chi connectivity index (χ0n) is 12.1. The topological polar surface area (TPSA) is 64.2 Å². The Bertz CT molecular complexity index is 601. The lowest BCUT2D eigenvalue weighted by Gasteiger charge is -2.18. The highest BCUT2D eigenvalue weighted by atomic mass is 16.2. The van der Waals surface area contributed by atoms with E-state index in [1.807, 2.05) is 31.2 Å². The van der Waals surface area contributed by atoms with Crippen molar-refractivity contribution in [3.8, 4) is 0 Å². The number of nitrogen functional groups attached to an aromatic ring is 1. The van der Waals surface area contributed by atoms with Crippen LogP contribution in [-0.4, -0.2) is 22.7 Å². The smallest absolute Gasteiger partial charge is 0.278 e. The molecule has 1 aromatic heterocycles. The number of nitrogens with two attached hydrogens (primary N) is 1. The molecule has 0 spiro atoms. The Kier molecular flexibility index (Phi) is 4.08. The summed E-state index contributed by atoms with van der Waals surface area (Å²) in [7, 11) is 1.75. The lowest BCUT2D eigenvalue weighted by Crippen LogP contribution is -2.29. The van der Waals surface area contributed by atoms with E-state index in [0.717, 1.165) is 12.1 Å². The molecule has 5 nitrogen and oxygen atoms in total. The second-order valence-corrected chi connectivity index (χ2v) is 4.65. The molecule has 106 valence electrons. The largest absolute Gasteiger partial charge is 0.396 e. The molecular formula is C15H20N4O. The predicted octanol–water partition coefficient (Wildman–Crippen LogP) is 2.32. The molecule has 0 atom stereocenters. The Morgan fingerprint density at radius 2 is 1.95 bits per heavy atom. The predicted molar refractivity (Wildman–Crippen MR) is 80.9 cm³/mol. The van der Waals surface area contributed by atoms with Gasteiger partial charge in [0.2, 0.25) is 0 Å². The third-order valence-corrected chi connectivity index (χ3v) is 3.41. The van der Waals surface area contributed by atoms with Crippen LogP contribution in [0.1, 0.15) is 29.9 Å². The van der Waals surface area contributed by atoms with Crippen LogP contribution in [0.25, 0.3) is 0 Å². The molecule has 5 heteroatoms. The number of anilines is 2. The van der Waals surface area contributed by atoms with E-state index in [9.17, 15) is 4.79 Å². The Morgan fingerprint density at radius 3 is 2.50 bits per heavy atom. The Labute approximate surface area is 119 Å². The second kappa shape index (κ2) is 5.77. The number of rotatable bonds is 4. The normalized spacial score (nSPS) is 10.6. The second-order valence-electron chi connectivity index (χ2n) is 4.65. The van der Waals surface area contributed by atoms with Gasteiger partial charge < -0.3 is 10.6 Å². The van der Waals surface area contributed by atoms with Gasteiger partial charge in [0.05, 0.1) is 11.9 Å².